The Morgan fingerprint density at radius 3 is 2.88 bits per heavy atom. The molecule has 4 aromatic rings. The van der Waals surface area contributed by atoms with Gasteiger partial charge in [0.25, 0.3) is 0 Å². The summed E-state index contributed by atoms with van der Waals surface area (Å²) in [5.41, 5.74) is 2.59. The van der Waals surface area contributed by atoms with Gasteiger partial charge in [0.2, 0.25) is 0 Å². The van der Waals surface area contributed by atoms with Crippen LogP contribution in [0.5, 0.6) is 0 Å². The van der Waals surface area contributed by atoms with Crippen LogP contribution in [-0.2, 0) is 6.54 Å². The lowest BCUT2D eigenvalue weighted by molar-refractivity contribution is 0.0698. The topological polar surface area (TPSA) is 91.8 Å². The summed E-state index contributed by atoms with van der Waals surface area (Å²) >= 11 is 6.01. The van der Waals surface area contributed by atoms with Gasteiger partial charge in [0.05, 0.1) is 33.1 Å². The zero-order chi connectivity index (χ0) is 18.3. The molecule has 0 fully saturated rings. The highest BCUT2D eigenvalue weighted by molar-refractivity contribution is 6.31. The number of carbonyl (C=O) groups is 1. The van der Waals surface area contributed by atoms with Crippen LogP contribution in [-0.4, -0.2) is 25.6 Å². The lowest BCUT2D eigenvalue weighted by Gasteiger charge is -2.07. The first kappa shape index (κ1) is 16.1. The number of pyridine rings is 2. The Bertz CT molecular complexity index is 1220. The molecule has 0 radical (unpaired) electrons. The van der Waals surface area contributed by atoms with Crippen molar-refractivity contribution in [3.05, 3.63) is 70.6 Å². The molecule has 0 saturated heterocycles. The third-order valence-electron chi connectivity index (χ3n) is 4.17. The van der Waals surface area contributed by atoms with Gasteiger partial charge in [-0.1, -0.05) is 17.7 Å². The summed E-state index contributed by atoms with van der Waals surface area (Å²) in [6.45, 7) is 0.411. The lowest BCUT2D eigenvalue weighted by Crippen LogP contribution is -2.00. The maximum absolute atomic E-state index is 11.6. The van der Waals surface area contributed by atoms with Crippen molar-refractivity contribution < 1.29 is 9.90 Å². The molecule has 6 nitrogen and oxygen atoms in total. The van der Waals surface area contributed by atoms with E-state index in [1.165, 1.54) is 18.5 Å². The van der Waals surface area contributed by atoms with Gasteiger partial charge in [0.15, 0.2) is 0 Å². The Morgan fingerprint density at radius 1 is 1.27 bits per heavy atom. The average molecular weight is 363 g/mol. The standard InChI is InChI=1S/C19H11ClN4O2/c20-14-6-13-5-11(1-2-16(13)23-8-14)9-24-10-15(19(25)26)17-12(7-21)3-4-22-18(17)24/h1-6,8,10H,9H2,(H,25,26). The predicted octanol–water partition coefficient (Wildman–Crippen LogP) is 3.86. The Labute approximate surface area is 152 Å². The number of fused-ring (bicyclic) bond motifs is 2. The van der Waals surface area contributed by atoms with Crippen molar-refractivity contribution in [2.75, 3.05) is 0 Å². The van der Waals surface area contributed by atoms with Gasteiger partial charge in [-0.25, -0.2) is 9.78 Å². The van der Waals surface area contributed by atoms with Gasteiger partial charge < -0.3 is 9.67 Å². The molecule has 126 valence electrons. The van der Waals surface area contributed by atoms with E-state index in [2.05, 4.69) is 9.97 Å². The molecule has 1 aromatic carbocycles. The molecule has 4 rings (SSSR count). The van der Waals surface area contributed by atoms with E-state index < -0.39 is 5.97 Å². The third-order valence-corrected chi connectivity index (χ3v) is 4.38. The van der Waals surface area contributed by atoms with Gasteiger partial charge >= 0.3 is 5.97 Å². The summed E-state index contributed by atoms with van der Waals surface area (Å²) in [5, 5.41) is 20.6. The van der Waals surface area contributed by atoms with Crippen molar-refractivity contribution in [2.45, 2.75) is 6.54 Å². The number of nitriles is 1. The van der Waals surface area contributed by atoms with Crippen LogP contribution in [0.2, 0.25) is 5.02 Å². The number of carboxylic acids is 1. The van der Waals surface area contributed by atoms with Gasteiger partial charge in [0.1, 0.15) is 5.65 Å². The SMILES string of the molecule is N#Cc1ccnc2c1c(C(=O)O)cn2Cc1ccc2ncc(Cl)cc2c1. The molecule has 0 amide bonds. The van der Waals surface area contributed by atoms with E-state index >= 15 is 0 Å². The van der Waals surface area contributed by atoms with E-state index in [0.717, 1.165) is 16.5 Å². The molecule has 0 aliphatic heterocycles. The molecule has 1 N–H and O–H groups in total. The molecule has 0 spiro atoms. The van der Waals surface area contributed by atoms with Crippen molar-refractivity contribution in [1.82, 2.24) is 14.5 Å². The molecular weight excluding hydrogens is 352 g/mol. The number of rotatable bonds is 3. The first-order valence-electron chi connectivity index (χ1n) is 7.72. The fraction of sp³-hybridized carbons (Fsp3) is 0.0526. The molecule has 3 aromatic heterocycles. The Kier molecular flexibility index (Phi) is 3.79. The van der Waals surface area contributed by atoms with Crippen molar-refractivity contribution in [1.29, 1.82) is 5.26 Å². The largest absolute Gasteiger partial charge is 0.478 e. The minimum atomic E-state index is -1.09. The highest BCUT2D eigenvalue weighted by Gasteiger charge is 2.18. The molecule has 0 bridgehead atoms. The Balaban J connectivity index is 1.85. The minimum Gasteiger partial charge on any atom is -0.478 e. The number of hydrogen-bond acceptors (Lipinski definition) is 4. The molecule has 3 heterocycles. The second-order valence-electron chi connectivity index (χ2n) is 5.83. The fourth-order valence-corrected chi connectivity index (χ4v) is 3.21. The molecule has 7 heteroatoms. The number of halogens is 1. The maximum atomic E-state index is 11.6. The highest BCUT2D eigenvalue weighted by atomic mass is 35.5. The number of hydrogen-bond donors (Lipinski definition) is 1. The van der Waals surface area contributed by atoms with Crippen molar-refractivity contribution >= 4 is 39.5 Å². The van der Waals surface area contributed by atoms with Crippen LogP contribution in [0.3, 0.4) is 0 Å². The van der Waals surface area contributed by atoms with Crippen LogP contribution < -0.4 is 0 Å². The van der Waals surface area contributed by atoms with Crippen molar-refractivity contribution in [3.8, 4) is 6.07 Å². The van der Waals surface area contributed by atoms with Gasteiger partial charge in [-0.2, -0.15) is 5.26 Å². The molecule has 0 saturated carbocycles. The van der Waals surface area contributed by atoms with E-state index in [1.807, 2.05) is 30.3 Å². The normalized spacial score (nSPS) is 10.9. The van der Waals surface area contributed by atoms with Crippen molar-refractivity contribution in [3.63, 3.8) is 0 Å². The van der Waals surface area contributed by atoms with Crippen LogP contribution >= 0.6 is 11.6 Å². The van der Waals surface area contributed by atoms with Crippen molar-refractivity contribution in [2.24, 2.45) is 0 Å². The summed E-state index contributed by atoms with van der Waals surface area (Å²) < 4.78 is 1.73. The van der Waals surface area contributed by atoms with Gasteiger partial charge in [0, 0.05) is 30.5 Å². The molecule has 0 aliphatic carbocycles. The van der Waals surface area contributed by atoms with E-state index in [1.54, 1.807) is 10.8 Å². The second-order valence-corrected chi connectivity index (χ2v) is 6.26. The van der Waals surface area contributed by atoms with E-state index in [0.29, 0.717) is 28.2 Å². The predicted molar refractivity (Wildman–Crippen MR) is 97.3 cm³/mol. The number of benzene rings is 1. The van der Waals surface area contributed by atoms with Crippen LogP contribution in [0.25, 0.3) is 21.9 Å². The Morgan fingerprint density at radius 2 is 2.12 bits per heavy atom. The second kappa shape index (κ2) is 6.14. The number of aromatic nitrogens is 3. The average Bonchev–Trinajstić information content (AvgIpc) is 3.00. The summed E-state index contributed by atoms with van der Waals surface area (Å²) in [6.07, 6.45) is 4.61. The Hall–Kier alpha value is -3.43. The lowest BCUT2D eigenvalue weighted by atomic mass is 10.1. The minimum absolute atomic E-state index is 0.0650. The zero-order valence-corrected chi connectivity index (χ0v) is 14.1. The maximum Gasteiger partial charge on any atom is 0.337 e. The van der Waals surface area contributed by atoms with Gasteiger partial charge in [-0.15, -0.1) is 0 Å². The van der Waals surface area contributed by atoms with Crippen LogP contribution in [0.4, 0.5) is 0 Å². The van der Waals surface area contributed by atoms with Gasteiger partial charge in [-0.3, -0.25) is 4.98 Å². The van der Waals surface area contributed by atoms with E-state index in [4.69, 9.17) is 11.6 Å². The number of carboxylic acid groups (broad SMARTS) is 1. The number of nitrogens with zero attached hydrogens (tertiary/aromatic N) is 4. The first-order chi connectivity index (χ1) is 12.6. The first-order valence-corrected chi connectivity index (χ1v) is 8.10. The zero-order valence-electron chi connectivity index (χ0n) is 13.3. The van der Waals surface area contributed by atoms with Crippen LogP contribution in [0, 0.1) is 11.3 Å². The summed E-state index contributed by atoms with van der Waals surface area (Å²) in [7, 11) is 0. The van der Waals surface area contributed by atoms with E-state index in [-0.39, 0.29) is 5.56 Å². The molecule has 0 aliphatic rings. The molecule has 26 heavy (non-hydrogen) atoms. The quantitative estimate of drug-likeness (QED) is 0.597. The summed E-state index contributed by atoms with van der Waals surface area (Å²) in [6, 6.07) is 11.1. The van der Waals surface area contributed by atoms with Crippen LogP contribution in [0.1, 0.15) is 21.5 Å². The van der Waals surface area contributed by atoms with E-state index in [9.17, 15) is 15.2 Å². The highest BCUT2D eigenvalue weighted by Crippen LogP contribution is 2.25. The number of aromatic carboxylic acids is 1. The molecule has 0 unspecified atom stereocenters. The summed E-state index contributed by atoms with van der Waals surface area (Å²) in [5.74, 6) is -1.09. The molecule has 0 atom stereocenters. The fourth-order valence-electron chi connectivity index (χ4n) is 3.04. The van der Waals surface area contributed by atoms with Gasteiger partial charge in [-0.05, 0) is 29.8 Å². The monoisotopic (exact) mass is 362 g/mol. The molecular formula is C19H11ClN4O2. The third kappa shape index (κ3) is 2.65. The summed E-state index contributed by atoms with van der Waals surface area (Å²) in [4.78, 5) is 20.1. The smallest absolute Gasteiger partial charge is 0.337 e. The van der Waals surface area contributed by atoms with Crippen LogP contribution in [0.15, 0.2) is 48.9 Å².